The van der Waals surface area contributed by atoms with E-state index in [1.54, 1.807) is 0 Å². The van der Waals surface area contributed by atoms with Crippen LogP contribution in [0.3, 0.4) is 0 Å². The van der Waals surface area contributed by atoms with Gasteiger partial charge in [-0.05, 0) is 63.6 Å². The zero-order valence-corrected chi connectivity index (χ0v) is 16.8. The topological polar surface area (TPSA) is 47.6 Å². The molecule has 0 heterocycles. The van der Waals surface area contributed by atoms with E-state index in [0.717, 1.165) is 28.0 Å². The fourth-order valence-electron chi connectivity index (χ4n) is 3.76. The molecule has 1 aromatic rings. The summed E-state index contributed by atoms with van der Waals surface area (Å²) in [6, 6.07) is 6.63. The summed E-state index contributed by atoms with van der Waals surface area (Å²) in [6.45, 7) is 6.35. The van der Waals surface area contributed by atoms with Crippen LogP contribution in [0.2, 0.25) is 0 Å². The third-order valence-electron chi connectivity index (χ3n) is 5.21. The van der Waals surface area contributed by atoms with Crippen molar-refractivity contribution in [2.24, 2.45) is 0 Å². The lowest BCUT2D eigenvalue weighted by molar-refractivity contribution is -0.906. The number of likely N-dealkylation sites (N-methyl/N-ethyl adjacent to an activating group) is 1. The molecule has 0 atom stereocenters. The normalized spacial score (nSPS) is 15.1. The molecule has 1 aliphatic rings. The Morgan fingerprint density at radius 1 is 1.12 bits per heavy atom. The van der Waals surface area contributed by atoms with Crippen molar-refractivity contribution >= 4 is 5.91 Å². The molecular weight excluding hydrogens is 328 g/mol. The summed E-state index contributed by atoms with van der Waals surface area (Å²) in [7, 11) is 4.35. The minimum atomic E-state index is 0.137. The first-order chi connectivity index (χ1) is 12.5. The van der Waals surface area contributed by atoms with E-state index < -0.39 is 0 Å². The second-order valence-electron chi connectivity index (χ2n) is 7.62. The molecule has 1 N–H and O–H groups in total. The summed E-state index contributed by atoms with van der Waals surface area (Å²) in [5.41, 5.74) is 1.14. The predicted molar refractivity (Wildman–Crippen MR) is 105 cm³/mol. The highest BCUT2D eigenvalue weighted by atomic mass is 16.5. The van der Waals surface area contributed by atoms with E-state index in [2.05, 4.69) is 19.4 Å². The highest BCUT2D eigenvalue weighted by molar-refractivity contribution is 5.77. The number of hydrogen-bond acceptors (Lipinski definition) is 3. The Morgan fingerprint density at radius 3 is 2.42 bits per heavy atom. The first kappa shape index (κ1) is 20.6. The van der Waals surface area contributed by atoms with Crippen molar-refractivity contribution in [2.75, 3.05) is 40.4 Å². The molecular formula is C21H35N2O3+. The Kier molecular flexibility index (Phi) is 7.76. The zero-order chi connectivity index (χ0) is 19.0. The number of carbonyl (C=O) groups is 1. The lowest BCUT2D eigenvalue weighted by Gasteiger charge is -2.35. The van der Waals surface area contributed by atoms with Gasteiger partial charge in [0, 0.05) is 6.54 Å². The molecule has 1 amide bonds. The van der Waals surface area contributed by atoms with Crippen LogP contribution in [0.1, 0.15) is 45.1 Å². The van der Waals surface area contributed by atoms with Gasteiger partial charge in [0.25, 0.3) is 5.91 Å². The number of amides is 1. The number of benzene rings is 1. The monoisotopic (exact) mass is 363 g/mol. The van der Waals surface area contributed by atoms with Gasteiger partial charge in [-0.15, -0.1) is 0 Å². The highest BCUT2D eigenvalue weighted by Crippen LogP contribution is 2.29. The van der Waals surface area contributed by atoms with E-state index in [9.17, 15) is 4.79 Å². The summed E-state index contributed by atoms with van der Waals surface area (Å²) < 4.78 is 12.1. The van der Waals surface area contributed by atoms with Gasteiger partial charge >= 0.3 is 0 Å². The molecule has 5 heteroatoms. The van der Waals surface area contributed by atoms with E-state index >= 15 is 0 Å². The van der Waals surface area contributed by atoms with Gasteiger partial charge in [0.1, 0.15) is 0 Å². The molecule has 0 aromatic heterocycles. The molecule has 146 valence electrons. The van der Waals surface area contributed by atoms with Crippen LogP contribution in [0.5, 0.6) is 11.5 Å². The van der Waals surface area contributed by atoms with Gasteiger partial charge in [-0.1, -0.05) is 6.07 Å². The van der Waals surface area contributed by atoms with Crippen molar-refractivity contribution in [1.82, 2.24) is 5.32 Å². The number of nitrogens with zero attached hydrogens (tertiary/aromatic N) is 1. The lowest BCUT2D eigenvalue weighted by atomic mass is 10.1. The van der Waals surface area contributed by atoms with Crippen LogP contribution in [0.15, 0.2) is 18.2 Å². The van der Waals surface area contributed by atoms with Crippen molar-refractivity contribution in [1.29, 1.82) is 0 Å². The largest absolute Gasteiger partial charge is 0.490 e. The molecule has 1 aromatic carbocycles. The van der Waals surface area contributed by atoms with Crippen molar-refractivity contribution in [3.8, 4) is 11.5 Å². The number of carbonyl (C=O) groups excluding carboxylic acids is 1. The maximum atomic E-state index is 12.3. The van der Waals surface area contributed by atoms with E-state index in [0.29, 0.717) is 32.3 Å². The van der Waals surface area contributed by atoms with Gasteiger partial charge in [0.2, 0.25) is 0 Å². The molecule has 0 radical (unpaired) electrons. The van der Waals surface area contributed by atoms with Crippen LogP contribution in [0, 0.1) is 0 Å². The number of hydrogen-bond donors (Lipinski definition) is 1. The van der Waals surface area contributed by atoms with Gasteiger partial charge in [0.05, 0.1) is 33.4 Å². The fraction of sp³-hybridized carbons (Fsp3) is 0.667. The molecule has 0 spiro atoms. The summed E-state index contributed by atoms with van der Waals surface area (Å²) in [4.78, 5) is 12.3. The third-order valence-corrected chi connectivity index (χ3v) is 5.21. The standard InChI is InChI=1S/C21H34N2O3/c1-5-25-19-12-11-17(15-20(19)26-6-2)13-14-22-21(24)16-23(3,4)18-9-7-8-10-18/h11-12,15,18H,5-10,13-14,16H2,1-4H3/p+1. The van der Waals surface area contributed by atoms with Crippen molar-refractivity contribution in [2.45, 2.75) is 52.0 Å². The SMILES string of the molecule is CCOc1ccc(CCNC(=O)C[N+](C)(C)C2CCCC2)cc1OCC. The molecule has 26 heavy (non-hydrogen) atoms. The average Bonchev–Trinajstić information content (AvgIpc) is 3.12. The molecule has 0 aliphatic heterocycles. The lowest BCUT2D eigenvalue weighted by Crippen LogP contribution is -2.53. The number of rotatable bonds is 10. The van der Waals surface area contributed by atoms with E-state index in [1.165, 1.54) is 25.7 Å². The minimum Gasteiger partial charge on any atom is -0.490 e. The second-order valence-corrected chi connectivity index (χ2v) is 7.62. The maximum absolute atomic E-state index is 12.3. The molecule has 0 unspecified atom stereocenters. The van der Waals surface area contributed by atoms with Crippen molar-refractivity contribution < 1.29 is 18.8 Å². The summed E-state index contributed by atoms with van der Waals surface area (Å²) in [5, 5.41) is 3.08. The smallest absolute Gasteiger partial charge is 0.275 e. The van der Waals surface area contributed by atoms with Crippen LogP contribution >= 0.6 is 0 Å². The molecule has 1 aliphatic carbocycles. The third kappa shape index (κ3) is 5.90. The molecule has 0 bridgehead atoms. The van der Waals surface area contributed by atoms with Gasteiger partial charge in [0.15, 0.2) is 18.0 Å². The number of quaternary nitrogens is 1. The van der Waals surface area contributed by atoms with Gasteiger partial charge in [-0.3, -0.25) is 4.79 Å². The zero-order valence-electron chi connectivity index (χ0n) is 16.8. The Labute approximate surface area is 158 Å². The molecule has 5 nitrogen and oxygen atoms in total. The summed E-state index contributed by atoms with van der Waals surface area (Å²) in [5.74, 6) is 1.69. The molecule has 1 saturated carbocycles. The average molecular weight is 364 g/mol. The van der Waals surface area contributed by atoms with Crippen LogP contribution in [0.25, 0.3) is 0 Å². The maximum Gasteiger partial charge on any atom is 0.275 e. The number of nitrogens with one attached hydrogen (secondary N) is 1. The van der Waals surface area contributed by atoms with Crippen LogP contribution in [0.4, 0.5) is 0 Å². The predicted octanol–water partition coefficient (Wildman–Crippen LogP) is 3.16. The highest BCUT2D eigenvalue weighted by Gasteiger charge is 2.32. The van der Waals surface area contributed by atoms with Crippen LogP contribution < -0.4 is 14.8 Å². The first-order valence-corrected chi connectivity index (χ1v) is 9.94. The van der Waals surface area contributed by atoms with Crippen LogP contribution in [-0.2, 0) is 11.2 Å². The van der Waals surface area contributed by atoms with E-state index in [1.807, 2.05) is 32.0 Å². The summed E-state index contributed by atoms with van der Waals surface area (Å²) in [6.07, 6.45) is 5.87. The van der Waals surface area contributed by atoms with Crippen molar-refractivity contribution in [3.63, 3.8) is 0 Å². The Balaban J connectivity index is 1.82. The van der Waals surface area contributed by atoms with Crippen molar-refractivity contribution in [3.05, 3.63) is 23.8 Å². The Bertz CT molecular complexity index is 581. The summed E-state index contributed by atoms with van der Waals surface area (Å²) >= 11 is 0. The van der Waals surface area contributed by atoms with Gasteiger partial charge in [-0.25, -0.2) is 0 Å². The molecule has 2 rings (SSSR count). The van der Waals surface area contributed by atoms with E-state index in [-0.39, 0.29) is 5.91 Å². The van der Waals surface area contributed by atoms with E-state index in [4.69, 9.17) is 9.47 Å². The molecule has 0 saturated heterocycles. The fourth-order valence-corrected chi connectivity index (χ4v) is 3.76. The first-order valence-electron chi connectivity index (χ1n) is 9.94. The minimum absolute atomic E-state index is 0.137. The Hall–Kier alpha value is -1.75. The van der Waals surface area contributed by atoms with Crippen LogP contribution in [-0.4, -0.2) is 56.8 Å². The van der Waals surface area contributed by atoms with Gasteiger partial charge in [-0.2, -0.15) is 0 Å². The quantitative estimate of drug-likeness (QED) is 0.650. The number of ether oxygens (including phenoxy) is 2. The van der Waals surface area contributed by atoms with Gasteiger partial charge < -0.3 is 19.3 Å². The second kappa shape index (κ2) is 9.81. The molecule has 1 fully saturated rings. The Morgan fingerprint density at radius 2 is 1.77 bits per heavy atom.